The second kappa shape index (κ2) is 7.72. The molecule has 1 fully saturated rings. The van der Waals surface area contributed by atoms with Gasteiger partial charge in [-0.3, -0.25) is 4.79 Å². The Balaban J connectivity index is 2.06. The number of carbonyl (C=O) groups is 3. The van der Waals surface area contributed by atoms with Gasteiger partial charge in [-0.05, 0) is 45.1 Å². The van der Waals surface area contributed by atoms with Crippen molar-refractivity contribution in [3.05, 3.63) is 22.5 Å². The van der Waals surface area contributed by atoms with Gasteiger partial charge in [0.2, 0.25) is 0 Å². The van der Waals surface area contributed by atoms with Crippen molar-refractivity contribution >= 4 is 17.8 Å². The van der Waals surface area contributed by atoms with Gasteiger partial charge in [0, 0.05) is 18.8 Å². The predicted octanol–water partition coefficient (Wildman–Crippen LogP) is 2.22. The Labute approximate surface area is 147 Å². The molecule has 1 N–H and O–H groups in total. The molecule has 0 radical (unpaired) electrons. The van der Waals surface area contributed by atoms with Crippen molar-refractivity contribution in [1.29, 1.82) is 0 Å². The lowest BCUT2D eigenvalue weighted by Gasteiger charge is -2.31. The number of hydrogen-bond donors (Lipinski definition) is 1. The number of esters is 2. The standard InChI is InChI=1S/C18H26N2O5/c1-10-6-8-20(9-7-10)16(21)13(4)25-18(23)15-11(2)14(12(3)19-15)17(22)24-5/h10,13,19H,6-9H2,1-5H3. The Morgan fingerprint density at radius 2 is 1.76 bits per heavy atom. The van der Waals surface area contributed by atoms with E-state index in [1.807, 2.05) is 0 Å². The summed E-state index contributed by atoms with van der Waals surface area (Å²) in [6, 6.07) is 0. The molecular weight excluding hydrogens is 324 g/mol. The van der Waals surface area contributed by atoms with Crippen LogP contribution in [0.15, 0.2) is 0 Å². The molecule has 1 saturated heterocycles. The minimum atomic E-state index is -0.870. The van der Waals surface area contributed by atoms with Crippen LogP contribution in [0.3, 0.4) is 0 Å². The molecule has 7 heteroatoms. The fourth-order valence-corrected chi connectivity index (χ4v) is 3.12. The van der Waals surface area contributed by atoms with Gasteiger partial charge in [0.25, 0.3) is 5.91 Å². The summed E-state index contributed by atoms with van der Waals surface area (Å²) in [5.41, 5.74) is 1.48. The molecule has 138 valence electrons. The number of aromatic amines is 1. The third-order valence-corrected chi connectivity index (χ3v) is 4.76. The Hall–Kier alpha value is -2.31. The number of nitrogens with zero attached hydrogens (tertiary/aromatic N) is 1. The van der Waals surface area contributed by atoms with Crippen LogP contribution in [0.1, 0.15) is 58.8 Å². The first-order chi connectivity index (χ1) is 11.8. The first kappa shape index (κ1) is 19.0. The number of ether oxygens (including phenoxy) is 2. The number of aryl methyl sites for hydroxylation is 1. The number of carbonyl (C=O) groups excluding carboxylic acids is 3. The Kier molecular flexibility index (Phi) is 5.87. The second-order valence-corrected chi connectivity index (χ2v) is 6.67. The third kappa shape index (κ3) is 4.03. The monoisotopic (exact) mass is 350 g/mol. The van der Waals surface area contributed by atoms with E-state index in [0.29, 0.717) is 35.8 Å². The maximum atomic E-state index is 12.4. The maximum Gasteiger partial charge on any atom is 0.355 e. The van der Waals surface area contributed by atoms with Crippen LogP contribution in [0.4, 0.5) is 0 Å². The summed E-state index contributed by atoms with van der Waals surface area (Å²) in [6.45, 7) is 8.44. The van der Waals surface area contributed by atoms with E-state index in [0.717, 1.165) is 12.8 Å². The fraction of sp³-hybridized carbons (Fsp3) is 0.611. The minimum absolute atomic E-state index is 0.171. The molecule has 1 atom stereocenters. The lowest BCUT2D eigenvalue weighted by molar-refractivity contribution is -0.141. The van der Waals surface area contributed by atoms with Gasteiger partial charge in [0.1, 0.15) is 5.69 Å². The quantitative estimate of drug-likeness (QED) is 0.841. The summed E-state index contributed by atoms with van der Waals surface area (Å²) in [7, 11) is 1.28. The first-order valence-electron chi connectivity index (χ1n) is 8.53. The van der Waals surface area contributed by atoms with Gasteiger partial charge in [-0.25, -0.2) is 9.59 Å². The summed E-state index contributed by atoms with van der Waals surface area (Å²) in [4.78, 5) is 41.3. The molecule has 2 rings (SSSR count). The second-order valence-electron chi connectivity index (χ2n) is 6.67. The Morgan fingerprint density at radius 1 is 1.16 bits per heavy atom. The number of nitrogens with one attached hydrogen (secondary N) is 1. The molecule has 1 amide bonds. The summed E-state index contributed by atoms with van der Waals surface area (Å²) in [6.07, 6.45) is 1.05. The van der Waals surface area contributed by atoms with E-state index in [4.69, 9.17) is 9.47 Å². The molecule has 0 bridgehead atoms. The van der Waals surface area contributed by atoms with E-state index in [9.17, 15) is 14.4 Å². The van der Waals surface area contributed by atoms with E-state index in [2.05, 4.69) is 11.9 Å². The van der Waals surface area contributed by atoms with Gasteiger partial charge in [0.15, 0.2) is 6.10 Å². The van der Waals surface area contributed by atoms with Gasteiger partial charge in [-0.1, -0.05) is 6.92 Å². The van der Waals surface area contributed by atoms with Gasteiger partial charge in [0.05, 0.1) is 12.7 Å². The zero-order valence-electron chi connectivity index (χ0n) is 15.5. The van der Waals surface area contributed by atoms with Crippen molar-refractivity contribution in [3.8, 4) is 0 Å². The highest BCUT2D eigenvalue weighted by atomic mass is 16.5. The summed E-state index contributed by atoms with van der Waals surface area (Å²) < 4.78 is 10.1. The molecule has 0 spiro atoms. The minimum Gasteiger partial charge on any atom is -0.465 e. The lowest BCUT2D eigenvalue weighted by atomic mass is 9.99. The number of H-pyrrole nitrogens is 1. The molecule has 1 aliphatic rings. The van der Waals surface area contributed by atoms with Gasteiger partial charge >= 0.3 is 11.9 Å². The zero-order chi connectivity index (χ0) is 18.7. The average molecular weight is 350 g/mol. The molecule has 0 saturated carbocycles. The number of amides is 1. The Morgan fingerprint density at radius 3 is 2.32 bits per heavy atom. The number of piperidine rings is 1. The fourth-order valence-electron chi connectivity index (χ4n) is 3.12. The predicted molar refractivity (Wildman–Crippen MR) is 91.5 cm³/mol. The summed E-state index contributed by atoms with van der Waals surface area (Å²) in [5, 5.41) is 0. The van der Waals surface area contributed by atoms with E-state index >= 15 is 0 Å². The van der Waals surface area contributed by atoms with Crippen LogP contribution in [0.2, 0.25) is 0 Å². The van der Waals surface area contributed by atoms with Crippen molar-refractivity contribution in [2.75, 3.05) is 20.2 Å². The molecule has 1 unspecified atom stereocenters. The van der Waals surface area contributed by atoms with Gasteiger partial charge < -0.3 is 19.4 Å². The SMILES string of the molecule is COC(=O)c1c(C)[nH]c(C(=O)OC(C)C(=O)N2CCC(C)CC2)c1C. The molecular formula is C18H26N2O5. The summed E-state index contributed by atoms with van der Waals surface area (Å²) >= 11 is 0. The molecule has 0 aliphatic carbocycles. The smallest absolute Gasteiger partial charge is 0.355 e. The number of methoxy groups -OCH3 is 1. The van der Waals surface area contributed by atoms with Crippen molar-refractivity contribution < 1.29 is 23.9 Å². The van der Waals surface area contributed by atoms with E-state index in [1.54, 1.807) is 25.7 Å². The third-order valence-electron chi connectivity index (χ3n) is 4.76. The van der Waals surface area contributed by atoms with Crippen LogP contribution in [0, 0.1) is 19.8 Å². The highest BCUT2D eigenvalue weighted by Gasteiger charge is 2.29. The van der Waals surface area contributed by atoms with Crippen LogP contribution < -0.4 is 0 Å². The summed E-state index contributed by atoms with van der Waals surface area (Å²) in [5.74, 6) is -0.739. The molecule has 25 heavy (non-hydrogen) atoms. The molecule has 1 aromatic heterocycles. The molecule has 2 heterocycles. The number of likely N-dealkylation sites (tertiary alicyclic amines) is 1. The van der Waals surface area contributed by atoms with E-state index < -0.39 is 18.0 Å². The lowest BCUT2D eigenvalue weighted by Crippen LogP contribution is -2.44. The number of hydrogen-bond acceptors (Lipinski definition) is 5. The van der Waals surface area contributed by atoms with Crippen LogP contribution in [-0.2, 0) is 14.3 Å². The largest absolute Gasteiger partial charge is 0.465 e. The molecule has 1 aliphatic heterocycles. The zero-order valence-corrected chi connectivity index (χ0v) is 15.5. The number of rotatable bonds is 4. The number of aromatic nitrogens is 1. The van der Waals surface area contributed by atoms with Gasteiger partial charge in [-0.2, -0.15) is 0 Å². The highest BCUT2D eigenvalue weighted by molar-refractivity contribution is 5.99. The van der Waals surface area contributed by atoms with Crippen LogP contribution in [-0.4, -0.2) is 54.0 Å². The topological polar surface area (TPSA) is 88.7 Å². The normalized spacial score (nSPS) is 16.4. The van der Waals surface area contributed by atoms with Crippen molar-refractivity contribution in [3.63, 3.8) is 0 Å². The van der Waals surface area contributed by atoms with Gasteiger partial charge in [-0.15, -0.1) is 0 Å². The van der Waals surface area contributed by atoms with E-state index in [1.165, 1.54) is 7.11 Å². The molecule has 1 aromatic rings. The molecule has 0 aromatic carbocycles. The highest BCUT2D eigenvalue weighted by Crippen LogP contribution is 2.21. The molecule has 7 nitrogen and oxygen atoms in total. The van der Waals surface area contributed by atoms with Crippen LogP contribution >= 0.6 is 0 Å². The first-order valence-corrected chi connectivity index (χ1v) is 8.53. The van der Waals surface area contributed by atoms with Crippen LogP contribution in [0.25, 0.3) is 0 Å². The van der Waals surface area contributed by atoms with E-state index in [-0.39, 0.29) is 11.6 Å². The average Bonchev–Trinajstić information content (AvgIpc) is 2.88. The maximum absolute atomic E-state index is 12.4. The van der Waals surface area contributed by atoms with Crippen molar-refractivity contribution in [2.24, 2.45) is 5.92 Å². The van der Waals surface area contributed by atoms with Crippen LogP contribution in [0.5, 0.6) is 0 Å². The Bertz CT molecular complexity index is 671. The van der Waals surface area contributed by atoms with Crippen molar-refractivity contribution in [1.82, 2.24) is 9.88 Å². The van der Waals surface area contributed by atoms with Crippen molar-refractivity contribution in [2.45, 2.75) is 46.6 Å².